The summed E-state index contributed by atoms with van der Waals surface area (Å²) in [4.78, 5) is 20.6. The highest BCUT2D eigenvalue weighted by molar-refractivity contribution is 7.90. The zero-order chi connectivity index (χ0) is 24.9. The van der Waals surface area contributed by atoms with E-state index in [4.69, 9.17) is 4.74 Å². The number of carbonyl (C=O) groups is 1. The number of hydrogen-bond acceptors (Lipinski definition) is 8. The van der Waals surface area contributed by atoms with E-state index < -0.39 is 10.0 Å². The number of sulfonamides is 1. The summed E-state index contributed by atoms with van der Waals surface area (Å²) in [5, 5.41) is 9.20. The average molecular weight is 507 g/mol. The van der Waals surface area contributed by atoms with Crippen molar-refractivity contribution in [1.29, 1.82) is 0 Å². The lowest BCUT2D eigenvalue weighted by molar-refractivity contribution is 0.136. The molecule has 2 atom stereocenters. The smallest absolute Gasteiger partial charge is 0.408 e. The van der Waals surface area contributed by atoms with Gasteiger partial charge in [0.2, 0.25) is 16.0 Å². The number of rotatable bonds is 8. The minimum atomic E-state index is -3.20. The SMILES string of the molecule is Cc1cnc(Nc2ccc3c(c2)[C@@H]2NC(=O)OC2C3)nc1Nc1ccc(CNS(=O)(=O)C2CC2)cc1. The lowest BCUT2D eigenvalue weighted by Crippen LogP contribution is -2.26. The minimum Gasteiger partial charge on any atom is -0.443 e. The van der Waals surface area contributed by atoms with E-state index in [1.165, 1.54) is 0 Å². The Bertz CT molecular complexity index is 1440. The predicted octanol–water partition coefficient (Wildman–Crippen LogP) is 3.56. The molecule has 0 spiro atoms. The maximum Gasteiger partial charge on any atom is 0.408 e. The van der Waals surface area contributed by atoms with Gasteiger partial charge in [0, 0.05) is 36.1 Å². The van der Waals surface area contributed by atoms with E-state index in [0.717, 1.165) is 46.5 Å². The molecule has 1 aliphatic heterocycles. The number of alkyl carbamates (subject to hydrolysis) is 1. The van der Waals surface area contributed by atoms with Gasteiger partial charge in [0.25, 0.3) is 0 Å². The molecule has 186 valence electrons. The molecule has 3 aromatic rings. The number of aryl methyl sites for hydroxylation is 1. The molecule has 0 bridgehead atoms. The summed E-state index contributed by atoms with van der Waals surface area (Å²) in [6.45, 7) is 2.20. The van der Waals surface area contributed by atoms with Gasteiger partial charge in [-0.15, -0.1) is 0 Å². The Kier molecular flexibility index (Phi) is 5.53. The molecule has 1 amide bonds. The molecular weight excluding hydrogens is 480 g/mol. The standard InChI is InChI=1S/C25H26N6O4S/c1-14-12-26-24(29-18-7-4-16-10-21-22(20(16)11-18)30-25(32)35-21)31-23(14)28-17-5-2-15(3-6-17)13-27-36(33,34)19-8-9-19/h2-7,11-12,19,21-22,27H,8-10,13H2,1H3,(H,30,32)(H2,26,28,29,31)/t21?,22-/m0/s1. The molecular formula is C25H26N6O4S. The normalized spacial score (nSPS) is 20.3. The fourth-order valence-corrected chi connectivity index (χ4v) is 5.90. The Labute approximate surface area is 208 Å². The lowest BCUT2D eigenvalue weighted by atomic mass is 10.1. The molecule has 2 aliphatic carbocycles. The van der Waals surface area contributed by atoms with E-state index in [-0.39, 0.29) is 30.0 Å². The molecule has 36 heavy (non-hydrogen) atoms. The molecule has 1 aromatic heterocycles. The number of nitrogens with zero attached hydrogens (tertiary/aromatic N) is 2. The predicted molar refractivity (Wildman–Crippen MR) is 135 cm³/mol. The maximum absolute atomic E-state index is 12.0. The summed E-state index contributed by atoms with van der Waals surface area (Å²) in [6, 6.07) is 13.4. The van der Waals surface area contributed by atoms with Gasteiger partial charge in [-0.1, -0.05) is 18.2 Å². The van der Waals surface area contributed by atoms with Crippen LogP contribution in [0, 0.1) is 6.92 Å². The molecule has 1 saturated carbocycles. The van der Waals surface area contributed by atoms with Crippen LogP contribution in [0.3, 0.4) is 0 Å². The Hall–Kier alpha value is -3.70. The third-order valence-electron chi connectivity index (χ3n) is 6.69. The van der Waals surface area contributed by atoms with Crippen LogP contribution in [0.15, 0.2) is 48.7 Å². The number of carbonyl (C=O) groups excluding carboxylic acids is 1. The summed E-state index contributed by atoms with van der Waals surface area (Å²) >= 11 is 0. The van der Waals surface area contributed by atoms with Gasteiger partial charge < -0.3 is 20.7 Å². The van der Waals surface area contributed by atoms with Gasteiger partial charge in [-0.05, 0) is 60.7 Å². The fourth-order valence-electron chi connectivity index (χ4n) is 4.54. The second-order valence-electron chi connectivity index (χ2n) is 9.42. The van der Waals surface area contributed by atoms with Crippen molar-refractivity contribution in [2.24, 2.45) is 0 Å². The molecule has 11 heteroatoms. The largest absolute Gasteiger partial charge is 0.443 e. The average Bonchev–Trinajstić information content (AvgIpc) is 3.59. The fraction of sp³-hybridized carbons (Fsp3) is 0.320. The maximum atomic E-state index is 12.0. The van der Waals surface area contributed by atoms with Crippen LogP contribution in [0.25, 0.3) is 0 Å². The highest BCUT2D eigenvalue weighted by atomic mass is 32.2. The number of fused-ring (bicyclic) bond motifs is 3. The van der Waals surface area contributed by atoms with Crippen molar-refractivity contribution in [2.75, 3.05) is 10.6 Å². The van der Waals surface area contributed by atoms with Crippen molar-refractivity contribution < 1.29 is 17.9 Å². The molecule has 2 heterocycles. The van der Waals surface area contributed by atoms with Crippen molar-refractivity contribution in [3.05, 3.63) is 70.9 Å². The van der Waals surface area contributed by atoms with Crippen molar-refractivity contribution in [1.82, 2.24) is 20.0 Å². The number of anilines is 4. The van der Waals surface area contributed by atoms with E-state index >= 15 is 0 Å². The Balaban J connectivity index is 1.13. The van der Waals surface area contributed by atoms with Crippen molar-refractivity contribution in [3.8, 4) is 0 Å². The number of amides is 1. The van der Waals surface area contributed by atoms with Gasteiger partial charge in [0.05, 0.1) is 11.3 Å². The first-order valence-corrected chi connectivity index (χ1v) is 13.4. The van der Waals surface area contributed by atoms with Crippen LogP contribution in [-0.2, 0) is 27.7 Å². The molecule has 3 aliphatic rings. The third-order valence-corrected chi connectivity index (χ3v) is 8.59. The Morgan fingerprint density at radius 1 is 1.08 bits per heavy atom. The van der Waals surface area contributed by atoms with Crippen molar-refractivity contribution >= 4 is 39.3 Å². The van der Waals surface area contributed by atoms with Gasteiger partial charge in [0.1, 0.15) is 11.9 Å². The highest BCUT2D eigenvalue weighted by Crippen LogP contribution is 2.38. The van der Waals surface area contributed by atoms with Gasteiger partial charge in [-0.2, -0.15) is 4.98 Å². The first kappa shape index (κ1) is 22.7. The van der Waals surface area contributed by atoms with Crippen LogP contribution < -0.4 is 20.7 Å². The van der Waals surface area contributed by atoms with Crippen molar-refractivity contribution in [2.45, 2.75) is 50.1 Å². The third kappa shape index (κ3) is 4.59. The second kappa shape index (κ2) is 8.75. The first-order valence-electron chi connectivity index (χ1n) is 11.9. The minimum absolute atomic E-state index is 0.127. The number of nitrogens with one attached hydrogen (secondary N) is 4. The van der Waals surface area contributed by atoms with Crippen LogP contribution >= 0.6 is 0 Å². The molecule has 2 fully saturated rings. The van der Waals surface area contributed by atoms with Gasteiger partial charge >= 0.3 is 6.09 Å². The van der Waals surface area contributed by atoms with E-state index in [1.54, 1.807) is 6.20 Å². The van der Waals surface area contributed by atoms with Crippen LogP contribution in [0.2, 0.25) is 0 Å². The van der Waals surface area contributed by atoms with Crippen LogP contribution in [-0.4, -0.2) is 35.8 Å². The van der Waals surface area contributed by atoms with Gasteiger partial charge in [-0.25, -0.2) is 22.9 Å². The number of hydrogen-bond donors (Lipinski definition) is 4. The zero-order valence-electron chi connectivity index (χ0n) is 19.6. The van der Waals surface area contributed by atoms with E-state index in [9.17, 15) is 13.2 Å². The molecule has 1 unspecified atom stereocenters. The zero-order valence-corrected chi connectivity index (χ0v) is 20.4. The molecule has 1 saturated heterocycles. The molecule has 0 radical (unpaired) electrons. The lowest BCUT2D eigenvalue weighted by Gasteiger charge is -2.13. The van der Waals surface area contributed by atoms with Crippen LogP contribution in [0.1, 0.15) is 41.1 Å². The Morgan fingerprint density at radius 3 is 2.64 bits per heavy atom. The summed E-state index contributed by atoms with van der Waals surface area (Å²) in [5.74, 6) is 1.10. The van der Waals surface area contributed by atoms with E-state index in [0.29, 0.717) is 18.2 Å². The van der Waals surface area contributed by atoms with Crippen LogP contribution in [0.5, 0.6) is 0 Å². The van der Waals surface area contributed by atoms with Crippen LogP contribution in [0.4, 0.5) is 27.9 Å². The summed E-state index contributed by atoms with van der Waals surface area (Å²) < 4.78 is 32.0. The molecule has 4 N–H and O–H groups in total. The summed E-state index contributed by atoms with van der Waals surface area (Å²) in [5.41, 5.74) is 5.62. The summed E-state index contributed by atoms with van der Waals surface area (Å²) in [6.07, 6.45) is 3.41. The topological polar surface area (TPSA) is 134 Å². The first-order chi connectivity index (χ1) is 17.3. The molecule has 6 rings (SSSR count). The Morgan fingerprint density at radius 2 is 1.86 bits per heavy atom. The van der Waals surface area contributed by atoms with E-state index in [1.807, 2.05) is 49.4 Å². The summed E-state index contributed by atoms with van der Waals surface area (Å²) in [7, 11) is -3.20. The number of ether oxygens (including phenoxy) is 1. The number of benzene rings is 2. The monoisotopic (exact) mass is 506 g/mol. The van der Waals surface area contributed by atoms with Crippen molar-refractivity contribution in [3.63, 3.8) is 0 Å². The highest BCUT2D eigenvalue weighted by Gasteiger charge is 2.41. The quantitative estimate of drug-likeness (QED) is 0.364. The van der Waals surface area contributed by atoms with Gasteiger partial charge in [-0.3, -0.25) is 0 Å². The molecule has 10 nitrogen and oxygen atoms in total. The van der Waals surface area contributed by atoms with Gasteiger partial charge in [0.15, 0.2) is 0 Å². The second-order valence-corrected chi connectivity index (χ2v) is 11.5. The molecule has 2 aromatic carbocycles. The number of aromatic nitrogens is 2. The van der Waals surface area contributed by atoms with E-state index in [2.05, 4.69) is 30.6 Å².